The van der Waals surface area contributed by atoms with Gasteiger partial charge in [0, 0.05) is 6.04 Å². The summed E-state index contributed by atoms with van der Waals surface area (Å²) in [4.78, 5) is 0. The summed E-state index contributed by atoms with van der Waals surface area (Å²) in [5.41, 5.74) is 7.82. The fourth-order valence-corrected chi connectivity index (χ4v) is 10.1. The van der Waals surface area contributed by atoms with Crippen molar-refractivity contribution in [2.24, 2.45) is 63.9 Å². The lowest BCUT2D eigenvalue weighted by Crippen LogP contribution is -2.57. The fourth-order valence-electron chi connectivity index (χ4n) is 10.1. The van der Waals surface area contributed by atoms with Crippen molar-refractivity contribution >= 4 is 0 Å². The second-order valence-corrected chi connectivity index (χ2v) is 13.5. The van der Waals surface area contributed by atoms with E-state index in [1.165, 1.54) is 70.6 Å². The minimum atomic E-state index is 0.407. The van der Waals surface area contributed by atoms with E-state index >= 15 is 0 Å². The lowest BCUT2D eigenvalue weighted by molar-refractivity contribution is -0.132. The van der Waals surface area contributed by atoms with E-state index in [4.69, 9.17) is 5.73 Å². The molecule has 1 nitrogen and oxygen atoms in total. The molecule has 4 aliphatic carbocycles. The molecular formula is C30H53N. The third-order valence-electron chi connectivity index (χ3n) is 11.7. The van der Waals surface area contributed by atoms with Gasteiger partial charge in [-0.1, -0.05) is 60.0 Å². The first-order valence-electron chi connectivity index (χ1n) is 14.1. The van der Waals surface area contributed by atoms with Crippen molar-refractivity contribution in [2.75, 3.05) is 0 Å². The number of allylic oxidation sites excluding steroid dienone is 1. The molecule has 0 aromatic carbocycles. The van der Waals surface area contributed by atoms with Crippen molar-refractivity contribution < 1.29 is 0 Å². The molecule has 4 fully saturated rings. The van der Waals surface area contributed by atoms with Crippen LogP contribution in [0.3, 0.4) is 0 Å². The first-order chi connectivity index (χ1) is 14.7. The SMILES string of the molecule is C=CCC1C(N)CC[C@@]2(C)C1CC[C@H]1[C@@H]3CC[C@H](C(C)CCCC(C)C)[C@@]3(C)CC[C@@H]12. The maximum absolute atomic E-state index is 6.67. The Kier molecular flexibility index (Phi) is 7.04. The second kappa shape index (κ2) is 9.15. The summed E-state index contributed by atoms with van der Waals surface area (Å²) >= 11 is 0. The summed E-state index contributed by atoms with van der Waals surface area (Å²) in [6, 6.07) is 0.407. The summed E-state index contributed by atoms with van der Waals surface area (Å²) in [5.74, 6) is 7.22. The largest absolute Gasteiger partial charge is 0.327 e. The van der Waals surface area contributed by atoms with Gasteiger partial charge >= 0.3 is 0 Å². The van der Waals surface area contributed by atoms with E-state index in [2.05, 4.69) is 47.3 Å². The summed E-state index contributed by atoms with van der Waals surface area (Å²) < 4.78 is 0. The number of nitrogens with two attached hydrogens (primary N) is 1. The molecule has 4 aliphatic rings. The quantitative estimate of drug-likeness (QED) is 0.407. The molecule has 0 saturated heterocycles. The Labute approximate surface area is 194 Å². The number of rotatable bonds is 7. The molecule has 2 N–H and O–H groups in total. The molecule has 0 aromatic heterocycles. The minimum Gasteiger partial charge on any atom is -0.327 e. The van der Waals surface area contributed by atoms with E-state index in [1.807, 2.05) is 0 Å². The van der Waals surface area contributed by atoms with Crippen LogP contribution in [0.2, 0.25) is 0 Å². The Morgan fingerprint density at radius 1 is 0.871 bits per heavy atom. The van der Waals surface area contributed by atoms with Gasteiger partial charge in [0.05, 0.1) is 0 Å². The van der Waals surface area contributed by atoms with Gasteiger partial charge < -0.3 is 5.73 Å². The standard InChI is InChI=1S/C30H53N/c1-7-9-23-26-13-12-22-25-15-14-24(21(4)11-8-10-20(2)3)29(25,5)18-16-27(22)30(26,6)19-17-28(23)31/h7,20-28H,1,8-19,31H2,2-6H3/t21?,22-,23?,24+,25-,26?,27-,28?,29+,30-/m0/s1. The third kappa shape index (κ3) is 4.08. The van der Waals surface area contributed by atoms with Crippen LogP contribution in [0.5, 0.6) is 0 Å². The molecule has 4 unspecified atom stereocenters. The van der Waals surface area contributed by atoms with Gasteiger partial charge in [-0.3, -0.25) is 0 Å². The Morgan fingerprint density at radius 3 is 2.26 bits per heavy atom. The molecule has 0 bridgehead atoms. The Hall–Kier alpha value is -0.300. The topological polar surface area (TPSA) is 26.0 Å². The van der Waals surface area contributed by atoms with Gasteiger partial charge in [-0.05, 0) is 116 Å². The van der Waals surface area contributed by atoms with Gasteiger partial charge in [0.15, 0.2) is 0 Å². The van der Waals surface area contributed by atoms with E-state index in [0.29, 0.717) is 22.8 Å². The molecule has 0 radical (unpaired) electrons. The molecule has 1 heteroatoms. The van der Waals surface area contributed by atoms with Gasteiger partial charge in [0.25, 0.3) is 0 Å². The van der Waals surface area contributed by atoms with Gasteiger partial charge in [0.2, 0.25) is 0 Å². The molecule has 4 saturated carbocycles. The van der Waals surface area contributed by atoms with E-state index < -0.39 is 0 Å². The lowest BCUT2D eigenvalue weighted by Gasteiger charge is -2.63. The predicted molar refractivity (Wildman–Crippen MR) is 135 cm³/mol. The van der Waals surface area contributed by atoms with Crippen LogP contribution in [-0.4, -0.2) is 6.04 Å². The molecular weight excluding hydrogens is 374 g/mol. The van der Waals surface area contributed by atoms with Gasteiger partial charge in [0.1, 0.15) is 0 Å². The highest BCUT2D eigenvalue weighted by Gasteiger charge is 2.61. The zero-order valence-corrected chi connectivity index (χ0v) is 21.5. The molecule has 0 aliphatic heterocycles. The normalized spacial score (nSPS) is 48.0. The molecule has 0 heterocycles. The molecule has 0 amide bonds. The summed E-state index contributed by atoms with van der Waals surface area (Å²) in [5, 5.41) is 0. The molecule has 0 aromatic rings. The van der Waals surface area contributed by atoms with Crippen LogP contribution < -0.4 is 5.73 Å². The monoisotopic (exact) mass is 427 g/mol. The van der Waals surface area contributed by atoms with E-state index in [-0.39, 0.29) is 0 Å². The van der Waals surface area contributed by atoms with Crippen molar-refractivity contribution in [1.29, 1.82) is 0 Å². The van der Waals surface area contributed by atoms with E-state index in [9.17, 15) is 0 Å². The average molecular weight is 428 g/mol. The Balaban J connectivity index is 1.49. The van der Waals surface area contributed by atoms with Crippen molar-refractivity contribution in [3.63, 3.8) is 0 Å². The zero-order valence-electron chi connectivity index (χ0n) is 21.5. The third-order valence-corrected chi connectivity index (χ3v) is 11.7. The van der Waals surface area contributed by atoms with Gasteiger partial charge in [-0.25, -0.2) is 0 Å². The van der Waals surface area contributed by atoms with Gasteiger partial charge in [-0.15, -0.1) is 6.58 Å². The van der Waals surface area contributed by atoms with Gasteiger partial charge in [-0.2, -0.15) is 0 Å². The predicted octanol–water partition coefficient (Wildman–Crippen LogP) is 8.24. The van der Waals surface area contributed by atoms with Crippen LogP contribution in [0.4, 0.5) is 0 Å². The molecule has 0 spiro atoms. The van der Waals surface area contributed by atoms with Crippen LogP contribution >= 0.6 is 0 Å². The highest BCUT2D eigenvalue weighted by Crippen LogP contribution is 2.69. The molecule has 10 atom stereocenters. The summed E-state index contributed by atoms with van der Waals surface area (Å²) in [6.45, 7) is 16.9. The smallest absolute Gasteiger partial charge is 0.00731 e. The Morgan fingerprint density at radius 2 is 1.55 bits per heavy atom. The highest BCUT2D eigenvalue weighted by atomic mass is 14.7. The number of hydrogen-bond donors (Lipinski definition) is 1. The first kappa shape index (κ1) is 23.8. The molecule has 31 heavy (non-hydrogen) atoms. The van der Waals surface area contributed by atoms with Crippen molar-refractivity contribution in [2.45, 2.75) is 118 Å². The maximum atomic E-state index is 6.67. The zero-order chi connectivity index (χ0) is 22.4. The van der Waals surface area contributed by atoms with Crippen molar-refractivity contribution in [3.05, 3.63) is 12.7 Å². The van der Waals surface area contributed by atoms with Crippen LogP contribution in [-0.2, 0) is 0 Å². The lowest BCUT2D eigenvalue weighted by atomic mass is 9.42. The fraction of sp³-hybridized carbons (Fsp3) is 0.933. The second-order valence-electron chi connectivity index (χ2n) is 13.5. The van der Waals surface area contributed by atoms with Crippen LogP contribution in [0.1, 0.15) is 112 Å². The van der Waals surface area contributed by atoms with Crippen molar-refractivity contribution in [1.82, 2.24) is 0 Å². The summed E-state index contributed by atoms with van der Waals surface area (Å²) in [6.07, 6.45) is 19.2. The van der Waals surface area contributed by atoms with E-state index in [0.717, 1.165) is 47.8 Å². The van der Waals surface area contributed by atoms with Crippen LogP contribution in [0.15, 0.2) is 12.7 Å². The number of hydrogen-bond acceptors (Lipinski definition) is 1. The van der Waals surface area contributed by atoms with Crippen LogP contribution in [0, 0.1) is 58.2 Å². The first-order valence-corrected chi connectivity index (χ1v) is 14.1. The molecule has 178 valence electrons. The number of fused-ring (bicyclic) bond motifs is 5. The van der Waals surface area contributed by atoms with Crippen molar-refractivity contribution in [3.8, 4) is 0 Å². The Bertz CT molecular complexity index is 624. The average Bonchev–Trinajstić information content (AvgIpc) is 3.07. The molecule has 4 rings (SSSR count). The maximum Gasteiger partial charge on any atom is 0.00731 e. The van der Waals surface area contributed by atoms with Crippen LogP contribution in [0.25, 0.3) is 0 Å². The summed E-state index contributed by atoms with van der Waals surface area (Å²) in [7, 11) is 0. The van der Waals surface area contributed by atoms with E-state index in [1.54, 1.807) is 0 Å². The minimum absolute atomic E-state index is 0.407. The highest BCUT2D eigenvalue weighted by molar-refractivity contribution is 5.11.